The number of likely N-dealkylation sites (N-methyl/N-ethyl adjacent to an activating group) is 1. The molecule has 0 aliphatic carbocycles. The van der Waals surface area contributed by atoms with Gasteiger partial charge in [-0.2, -0.15) is 0 Å². The second kappa shape index (κ2) is 10.0. The van der Waals surface area contributed by atoms with Crippen LogP contribution in [0.4, 0.5) is 0 Å². The molecule has 0 saturated heterocycles. The van der Waals surface area contributed by atoms with Gasteiger partial charge >= 0.3 is 0 Å². The molecule has 0 heterocycles. The lowest BCUT2D eigenvalue weighted by molar-refractivity contribution is -0.122. The SMILES string of the molecule is CN(C)C(C)(C)CNC(=O)[C@@H](N)Cc1ccccc1.Cl.Cl. The zero-order valence-corrected chi connectivity index (χ0v) is 14.8. The number of hydrogen-bond donors (Lipinski definition) is 2. The fraction of sp³-hybridized carbons (Fsp3) is 0.533. The van der Waals surface area contributed by atoms with Crippen molar-refractivity contribution in [2.24, 2.45) is 5.73 Å². The Balaban J connectivity index is 0. The van der Waals surface area contributed by atoms with Crippen molar-refractivity contribution in [2.75, 3.05) is 20.6 Å². The summed E-state index contributed by atoms with van der Waals surface area (Å²) in [5, 5.41) is 2.92. The average molecular weight is 336 g/mol. The first-order valence-electron chi connectivity index (χ1n) is 6.57. The van der Waals surface area contributed by atoms with Gasteiger partial charge in [-0.05, 0) is 39.9 Å². The van der Waals surface area contributed by atoms with Gasteiger partial charge in [-0.15, -0.1) is 24.8 Å². The summed E-state index contributed by atoms with van der Waals surface area (Å²) in [5.74, 6) is -0.0984. The Morgan fingerprint density at radius 2 is 1.76 bits per heavy atom. The van der Waals surface area contributed by atoms with Crippen LogP contribution in [0.5, 0.6) is 0 Å². The molecule has 0 unspecified atom stereocenters. The van der Waals surface area contributed by atoms with Gasteiger partial charge in [-0.25, -0.2) is 0 Å². The van der Waals surface area contributed by atoms with Gasteiger partial charge in [0.1, 0.15) is 0 Å². The van der Waals surface area contributed by atoms with Crippen LogP contribution in [0.3, 0.4) is 0 Å². The zero-order chi connectivity index (χ0) is 14.5. The van der Waals surface area contributed by atoms with Crippen LogP contribution in [0.15, 0.2) is 30.3 Å². The summed E-state index contributed by atoms with van der Waals surface area (Å²) in [6.07, 6.45) is 0.565. The molecule has 4 nitrogen and oxygen atoms in total. The third-order valence-corrected chi connectivity index (χ3v) is 3.54. The monoisotopic (exact) mass is 335 g/mol. The number of nitrogens with one attached hydrogen (secondary N) is 1. The molecule has 3 N–H and O–H groups in total. The minimum atomic E-state index is -0.500. The van der Waals surface area contributed by atoms with Crippen molar-refractivity contribution in [1.82, 2.24) is 10.2 Å². The van der Waals surface area contributed by atoms with Crippen molar-refractivity contribution in [1.29, 1.82) is 0 Å². The Kier molecular flexibility index (Phi) is 10.7. The summed E-state index contributed by atoms with van der Waals surface area (Å²) < 4.78 is 0. The van der Waals surface area contributed by atoms with E-state index < -0.39 is 6.04 Å². The molecule has 6 heteroatoms. The molecule has 1 rings (SSSR count). The molecule has 0 aliphatic heterocycles. The summed E-state index contributed by atoms with van der Waals surface area (Å²) in [6.45, 7) is 4.74. The highest BCUT2D eigenvalue weighted by molar-refractivity contribution is 5.85. The van der Waals surface area contributed by atoms with E-state index in [-0.39, 0.29) is 36.3 Å². The summed E-state index contributed by atoms with van der Waals surface area (Å²) in [4.78, 5) is 14.0. The standard InChI is InChI=1S/C15H25N3O.2ClH/c1-15(2,18(3)4)11-17-14(19)13(16)10-12-8-6-5-7-9-12;;/h5-9,13H,10-11,16H2,1-4H3,(H,17,19);2*1H/t13-;;/m0../s1. The normalized spacial score (nSPS) is 12.1. The highest BCUT2D eigenvalue weighted by Crippen LogP contribution is 2.08. The van der Waals surface area contributed by atoms with E-state index in [0.29, 0.717) is 13.0 Å². The van der Waals surface area contributed by atoms with Gasteiger partial charge in [0.15, 0.2) is 0 Å². The van der Waals surface area contributed by atoms with E-state index in [9.17, 15) is 4.79 Å². The molecule has 1 atom stereocenters. The highest BCUT2D eigenvalue weighted by Gasteiger charge is 2.22. The van der Waals surface area contributed by atoms with E-state index in [2.05, 4.69) is 24.1 Å². The number of amides is 1. The van der Waals surface area contributed by atoms with Crippen LogP contribution in [-0.2, 0) is 11.2 Å². The van der Waals surface area contributed by atoms with Crippen LogP contribution in [0.25, 0.3) is 0 Å². The largest absolute Gasteiger partial charge is 0.353 e. The lowest BCUT2D eigenvalue weighted by Gasteiger charge is -2.33. The zero-order valence-electron chi connectivity index (χ0n) is 13.1. The van der Waals surface area contributed by atoms with E-state index >= 15 is 0 Å². The summed E-state index contributed by atoms with van der Waals surface area (Å²) >= 11 is 0. The lowest BCUT2D eigenvalue weighted by Crippen LogP contribution is -2.51. The quantitative estimate of drug-likeness (QED) is 0.834. The van der Waals surface area contributed by atoms with Crippen LogP contribution in [0, 0.1) is 0 Å². The fourth-order valence-corrected chi connectivity index (χ4v) is 1.55. The molecule has 0 aromatic heterocycles. The van der Waals surface area contributed by atoms with Crippen molar-refractivity contribution < 1.29 is 4.79 Å². The Bertz CT molecular complexity index is 411. The average Bonchev–Trinajstić information content (AvgIpc) is 2.37. The predicted octanol–water partition coefficient (Wildman–Crippen LogP) is 1.86. The van der Waals surface area contributed by atoms with Crippen molar-refractivity contribution in [3.8, 4) is 0 Å². The molecule has 0 aliphatic rings. The van der Waals surface area contributed by atoms with Crippen LogP contribution < -0.4 is 11.1 Å². The molecule has 0 bridgehead atoms. The second-order valence-electron chi connectivity index (χ2n) is 5.72. The van der Waals surface area contributed by atoms with Gasteiger partial charge in [0.25, 0.3) is 0 Å². The minimum absolute atomic E-state index is 0. The van der Waals surface area contributed by atoms with Gasteiger partial charge in [0, 0.05) is 12.1 Å². The third kappa shape index (κ3) is 7.67. The van der Waals surface area contributed by atoms with E-state index in [1.807, 2.05) is 44.4 Å². The maximum absolute atomic E-state index is 12.0. The number of carbonyl (C=O) groups is 1. The molecule has 0 spiro atoms. The van der Waals surface area contributed by atoms with E-state index in [0.717, 1.165) is 5.56 Å². The maximum atomic E-state index is 12.0. The number of hydrogen-bond acceptors (Lipinski definition) is 3. The van der Waals surface area contributed by atoms with Gasteiger partial charge in [0.05, 0.1) is 6.04 Å². The van der Waals surface area contributed by atoms with Crippen LogP contribution in [0.1, 0.15) is 19.4 Å². The van der Waals surface area contributed by atoms with Crippen molar-refractivity contribution in [3.63, 3.8) is 0 Å². The Hall–Kier alpha value is -0.810. The maximum Gasteiger partial charge on any atom is 0.237 e. The molecule has 21 heavy (non-hydrogen) atoms. The Morgan fingerprint density at radius 3 is 2.24 bits per heavy atom. The third-order valence-electron chi connectivity index (χ3n) is 3.54. The highest BCUT2D eigenvalue weighted by atomic mass is 35.5. The Labute approximate surface area is 140 Å². The van der Waals surface area contributed by atoms with Gasteiger partial charge in [-0.1, -0.05) is 30.3 Å². The first-order valence-corrected chi connectivity index (χ1v) is 6.57. The summed E-state index contributed by atoms with van der Waals surface area (Å²) in [6, 6.07) is 9.33. The molecule has 1 aromatic carbocycles. The molecule has 1 aromatic rings. The molecular formula is C15H27Cl2N3O. The van der Waals surface area contributed by atoms with Crippen molar-refractivity contribution in [2.45, 2.75) is 31.8 Å². The number of nitrogens with zero attached hydrogens (tertiary/aromatic N) is 1. The molecule has 0 radical (unpaired) electrons. The molecule has 0 saturated carbocycles. The first-order chi connectivity index (χ1) is 8.83. The first kappa shape index (κ1) is 22.5. The van der Waals surface area contributed by atoms with E-state index in [4.69, 9.17) is 5.73 Å². The fourth-order valence-electron chi connectivity index (χ4n) is 1.55. The van der Waals surface area contributed by atoms with Gasteiger partial charge < -0.3 is 16.0 Å². The number of halogens is 2. The summed E-state index contributed by atoms with van der Waals surface area (Å²) in [5.41, 5.74) is 6.93. The minimum Gasteiger partial charge on any atom is -0.353 e. The number of nitrogens with two attached hydrogens (primary N) is 1. The van der Waals surface area contributed by atoms with Crippen LogP contribution in [0.2, 0.25) is 0 Å². The molecule has 1 amide bonds. The topological polar surface area (TPSA) is 58.4 Å². The molecule has 122 valence electrons. The second-order valence-corrected chi connectivity index (χ2v) is 5.72. The predicted molar refractivity (Wildman–Crippen MR) is 93.4 cm³/mol. The van der Waals surface area contributed by atoms with Gasteiger partial charge in [-0.3, -0.25) is 4.79 Å². The number of rotatable bonds is 6. The van der Waals surface area contributed by atoms with Crippen LogP contribution >= 0.6 is 24.8 Å². The Morgan fingerprint density at radius 1 is 1.24 bits per heavy atom. The van der Waals surface area contributed by atoms with Crippen LogP contribution in [-0.4, -0.2) is 43.0 Å². The van der Waals surface area contributed by atoms with Crippen molar-refractivity contribution in [3.05, 3.63) is 35.9 Å². The summed E-state index contributed by atoms with van der Waals surface area (Å²) in [7, 11) is 3.99. The number of benzene rings is 1. The van der Waals surface area contributed by atoms with E-state index in [1.54, 1.807) is 0 Å². The number of carbonyl (C=O) groups excluding carboxylic acids is 1. The van der Waals surface area contributed by atoms with E-state index in [1.165, 1.54) is 0 Å². The molecular weight excluding hydrogens is 309 g/mol. The lowest BCUT2D eigenvalue weighted by atomic mass is 10.0. The van der Waals surface area contributed by atoms with Gasteiger partial charge in [0.2, 0.25) is 5.91 Å². The van der Waals surface area contributed by atoms with Crippen molar-refractivity contribution >= 4 is 30.7 Å². The smallest absolute Gasteiger partial charge is 0.237 e. The molecule has 0 fully saturated rings.